The van der Waals surface area contributed by atoms with Crippen molar-refractivity contribution in [2.24, 2.45) is 0 Å². The third-order valence-corrected chi connectivity index (χ3v) is 2.62. The van der Waals surface area contributed by atoms with Gasteiger partial charge in [0.15, 0.2) is 0 Å². The minimum absolute atomic E-state index is 0.150. The van der Waals surface area contributed by atoms with E-state index in [1.165, 1.54) is 0 Å². The lowest BCUT2D eigenvalue weighted by Crippen LogP contribution is -2.23. The van der Waals surface area contributed by atoms with Gasteiger partial charge in [0.2, 0.25) is 0 Å². The van der Waals surface area contributed by atoms with Crippen molar-refractivity contribution in [3.63, 3.8) is 0 Å². The molecule has 0 N–H and O–H groups in total. The molecule has 0 atom stereocenters. The molecule has 0 aromatic carbocycles. The number of imidazole rings is 1. The van der Waals surface area contributed by atoms with Gasteiger partial charge < -0.3 is 0 Å². The number of rotatable bonds is 5. The van der Waals surface area contributed by atoms with Crippen molar-refractivity contribution in [1.82, 2.24) is 9.13 Å². The summed E-state index contributed by atoms with van der Waals surface area (Å²) in [5.74, 6) is 0. The van der Waals surface area contributed by atoms with Crippen LogP contribution in [0.5, 0.6) is 0 Å². The van der Waals surface area contributed by atoms with Crippen LogP contribution in [0.25, 0.3) is 0 Å². The highest BCUT2D eigenvalue weighted by Crippen LogP contribution is 2.33. The number of aromatic nitrogens is 2. The summed E-state index contributed by atoms with van der Waals surface area (Å²) in [4.78, 5) is 11.7. The van der Waals surface area contributed by atoms with E-state index in [1.807, 2.05) is 23.0 Å². The normalized spacial score (nSPS) is 15.7. The van der Waals surface area contributed by atoms with Crippen molar-refractivity contribution < 1.29 is 0 Å². The Labute approximate surface area is 83.7 Å². The Kier molecular flexibility index (Phi) is 2.57. The van der Waals surface area contributed by atoms with Gasteiger partial charge in [-0.05, 0) is 25.7 Å². The SMILES string of the molecule is C=CCCCn1ccn(C2CC2)c1=O. The summed E-state index contributed by atoms with van der Waals surface area (Å²) in [5.41, 5.74) is 0.150. The van der Waals surface area contributed by atoms with Crippen LogP contribution in [0.4, 0.5) is 0 Å². The topological polar surface area (TPSA) is 26.9 Å². The summed E-state index contributed by atoms with van der Waals surface area (Å²) in [7, 11) is 0. The van der Waals surface area contributed by atoms with E-state index in [1.54, 1.807) is 4.57 Å². The molecule has 1 aliphatic rings. The maximum atomic E-state index is 11.7. The van der Waals surface area contributed by atoms with Crippen LogP contribution in [-0.2, 0) is 6.54 Å². The zero-order valence-corrected chi connectivity index (χ0v) is 8.35. The molecule has 1 aliphatic carbocycles. The van der Waals surface area contributed by atoms with Gasteiger partial charge in [-0.2, -0.15) is 0 Å². The third kappa shape index (κ3) is 1.81. The zero-order valence-electron chi connectivity index (χ0n) is 8.35. The average Bonchev–Trinajstić information content (AvgIpc) is 2.95. The average molecular weight is 192 g/mol. The van der Waals surface area contributed by atoms with Crippen LogP contribution in [0, 0.1) is 0 Å². The van der Waals surface area contributed by atoms with Gasteiger partial charge in [0, 0.05) is 25.0 Å². The lowest BCUT2D eigenvalue weighted by molar-refractivity contribution is 0.596. The van der Waals surface area contributed by atoms with Gasteiger partial charge in [0.25, 0.3) is 0 Å². The zero-order chi connectivity index (χ0) is 9.97. The highest BCUT2D eigenvalue weighted by molar-refractivity contribution is 4.91. The number of unbranched alkanes of at least 4 members (excludes halogenated alkanes) is 1. The summed E-state index contributed by atoms with van der Waals surface area (Å²) in [6.07, 6.45) is 9.99. The van der Waals surface area contributed by atoms with Gasteiger partial charge >= 0.3 is 5.69 Å². The Balaban J connectivity index is 2.03. The maximum absolute atomic E-state index is 11.7. The Morgan fingerprint density at radius 1 is 1.50 bits per heavy atom. The molecule has 76 valence electrons. The molecule has 1 aromatic heterocycles. The molecule has 1 heterocycles. The van der Waals surface area contributed by atoms with Gasteiger partial charge in [-0.15, -0.1) is 6.58 Å². The van der Waals surface area contributed by atoms with Crippen LogP contribution in [0.1, 0.15) is 31.7 Å². The van der Waals surface area contributed by atoms with Crippen molar-refractivity contribution in [3.05, 3.63) is 35.5 Å². The van der Waals surface area contributed by atoms with Crippen LogP contribution in [0.3, 0.4) is 0 Å². The Bertz CT molecular complexity index is 371. The van der Waals surface area contributed by atoms with E-state index >= 15 is 0 Å². The molecule has 0 unspecified atom stereocenters. The summed E-state index contributed by atoms with van der Waals surface area (Å²) in [6, 6.07) is 0.489. The number of allylic oxidation sites excluding steroid dienone is 1. The van der Waals surface area contributed by atoms with Crippen molar-refractivity contribution in [2.45, 2.75) is 38.3 Å². The molecule has 0 radical (unpaired) electrons. The first-order valence-corrected chi connectivity index (χ1v) is 5.21. The molecule has 0 aliphatic heterocycles. The number of hydrogen-bond acceptors (Lipinski definition) is 1. The molecule has 2 rings (SSSR count). The van der Waals surface area contributed by atoms with Crippen LogP contribution in [0.15, 0.2) is 29.8 Å². The highest BCUT2D eigenvalue weighted by atomic mass is 16.1. The second-order valence-corrected chi connectivity index (χ2v) is 3.84. The fourth-order valence-corrected chi connectivity index (χ4v) is 1.63. The Hall–Kier alpha value is -1.25. The Morgan fingerprint density at radius 3 is 2.93 bits per heavy atom. The van der Waals surface area contributed by atoms with Crippen molar-refractivity contribution >= 4 is 0 Å². The minimum Gasteiger partial charge on any atom is -0.299 e. The van der Waals surface area contributed by atoms with Crippen LogP contribution >= 0.6 is 0 Å². The molecule has 0 bridgehead atoms. The lowest BCUT2D eigenvalue weighted by Gasteiger charge is -1.99. The summed E-state index contributed by atoms with van der Waals surface area (Å²) in [5, 5.41) is 0. The van der Waals surface area contributed by atoms with Gasteiger partial charge in [0.1, 0.15) is 0 Å². The molecule has 0 amide bonds. The first-order chi connectivity index (χ1) is 6.83. The van der Waals surface area contributed by atoms with E-state index < -0.39 is 0 Å². The maximum Gasteiger partial charge on any atom is 0.328 e. The van der Waals surface area contributed by atoms with Crippen molar-refractivity contribution in [2.75, 3.05) is 0 Å². The quantitative estimate of drug-likeness (QED) is 0.517. The highest BCUT2D eigenvalue weighted by Gasteiger charge is 2.25. The van der Waals surface area contributed by atoms with Gasteiger partial charge in [-0.25, -0.2) is 4.79 Å². The van der Waals surface area contributed by atoms with E-state index in [0.29, 0.717) is 6.04 Å². The fraction of sp³-hybridized carbons (Fsp3) is 0.545. The predicted molar refractivity (Wildman–Crippen MR) is 56.4 cm³/mol. The predicted octanol–water partition coefficient (Wildman–Crippen LogP) is 1.95. The number of nitrogens with zero attached hydrogens (tertiary/aromatic N) is 2. The summed E-state index contributed by atoms with van der Waals surface area (Å²) >= 11 is 0. The molecular weight excluding hydrogens is 176 g/mol. The first-order valence-electron chi connectivity index (χ1n) is 5.21. The molecular formula is C11H16N2O. The van der Waals surface area contributed by atoms with E-state index in [2.05, 4.69) is 6.58 Å². The van der Waals surface area contributed by atoms with E-state index in [-0.39, 0.29) is 5.69 Å². The minimum atomic E-state index is 0.150. The number of hydrogen-bond donors (Lipinski definition) is 0. The van der Waals surface area contributed by atoms with Crippen LogP contribution in [0.2, 0.25) is 0 Å². The van der Waals surface area contributed by atoms with E-state index in [4.69, 9.17) is 0 Å². The molecule has 1 saturated carbocycles. The monoisotopic (exact) mass is 192 g/mol. The standard InChI is InChI=1S/C11H16N2O/c1-2-3-4-7-12-8-9-13(11(12)14)10-5-6-10/h2,8-10H,1,3-7H2. The van der Waals surface area contributed by atoms with E-state index in [9.17, 15) is 4.79 Å². The second-order valence-electron chi connectivity index (χ2n) is 3.84. The third-order valence-electron chi connectivity index (χ3n) is 2.62. The van der Waals surface area contributed by atoms with Crippen LogP contribution in [-0.4, -0.2) is 9.13 Å². The molecule has 14 heavy (non-hydrogen) atoms. The molecule has 0 spiro atoms. The summed E-state index contributed by atoms with van der Waals surface area (Å²) < 4.78 is 3.65. The molecule has 3 heteroatoms. The molecule has 0 saturated heterocycles. The van der Waals surface area contributed by atoms with Gasteiger partial charge in [-0.1, -0.05) is 6.08 Å². The smallest absolute Gasteiger partial charge is 0.299 e. The molecule has 1 aromatic rings. The lowest BCUT2D eigenvalue weighted by atomic mass is 10.3. The Morgan fingerprint density at radius 2 is 2.29 bits per heavy atom. The van der Waals surface area contributed by atoms with Crippen molar-refractivity contribution in [3.8, 4) is 0 Å². The van der Waals surface area contributed by atoms with Crippen LogP contribution < -0.4 is 5.69 Å². The molecule has 1 fully saturated rings. The first kappa shape index (κ1) is 9.31. The van der Waals surface area contributed by atoms with E-state index in [0.717, 1.165) is 32.2 Å². The molecule has 3 nitrogen and oxygen atoms in total. The van der Waals surface area contributed by atoms with Gasteiger partial charge in [0.05, 0.1) is 0 Å². The largest absolute Gasteiger partial charge is 0.328 e. The van der Waals surface area contributed by atoms with Crippen molar-refractivity contribution in [1.29, 1.82) is 0 Å². The summed E-state index contributed by atoms with van der Waals surface area (Å²) in [6.45, 7) is 4.48. The van der Waals surface area contributed by atoms with Gasteiger partial charge in [-0.3, -0.25) is 9.13 Å². The fourth-order valence-electron chi connectivity index (χ4n) is 1.63. The second kappa shape index (κ2) is 3.86. The number of aryl methyl sites for hydroxylation is 1.